The van der Waals surface area contributed by atoms with Gasteiger partial charge in [0.05, 0.1) is 10.6 Å². The summed E-state index contributed by atoms with van der Waals surface area (Å²) >= 11 is 4.72. The summed E-state index contributed by atoms with van der Waals surface area (Å²) in [5.74, 6) is -0.293. The molecule has 0 atom stereocenters. The minimum atomic E-state index is -0.287. The lowest BCUT2D eigenvalue weighted by Gasteiger charge is -2.04. The molecule has 0 unspecified atom stereocenters. The lowest BCUT2D eigenvalue weighted by Crippen LogP contribution is -2.29. The molecule has 3 rings (SSSR count). The van der Waals surface area contributed by atoms with Gasteiger partial charge in [0, 0.05) is 13.1 Å². The highest BCUT2D eigenvalue weighted by molar-refractivity contribution is 9.10. The fourth-order valence-electron chi connectivity index (χ4n) is 2.10. The van der Waals surface area contributed by atoms with Crippen LogP contribution >= 0.6 is 27.3 Å². The van der Waals surface area contributed by atoms with Crippen molar-refractivity contribution in [1.29, 1.82) is 0 Å². The summed E-state index contributed by atoms with van der Waals surface area (Å²) < 4.78 is 5.66. The number of thiophene rings is 1. The van der Waals surface area contributed by atoms with Crippen LogP contribution in [0, 0.1) is 0 Å². The molecule has 0 spiro atoms. The first-order valence-electron chi connectivity index (χ1n) is 7.54. The van der Waals surface area contributed by atoms with E-state index in [9.17, 15) is 9.59 Å². The Bertz CT molecular complexity index is 857. The normalized spacial score (nSPS) is 10.6. The number of rotatable bonds is 7. The Balaban J connectivity index is 1.39. The summed E-state index contributed by atoms with van der Waals surface area (Å²) in [5, 5.41) is 14.3. The second-order valence-corrected chi connectivity index (χ2v) is 6.84. The maximum atomic E-state index is 12.1. The van der Waals surface area contributed by atoms with Crippen LogP contribution in [0.2, 0.25) is 0 Å². The van der Waals surface area contributed by atoms with Gasteiger partial charge in [-0.05, 0) is 52.0 Å². The average Bonchev–Trinajstić information content (AvgIpc) is 3.34. The van der Waals surface area contributed by atoms with Crippen LogP contribution in [0.3, 0.4) is 0 Å². The number of hydrogen-bond donors (Lipinski definition) is 3. The molecule has 2 amide bonds. The Labute approximate surface area is 155 Å². The van der Waals surface area contributed by atoms with Gasteiger partial charge in [0.2, 0.25) is 0 Å². The second-order valence-electron chi connectivity index (χ2n) is 5.11. The third-order valence-electron chi connectivity index (χ3n) is 3.32. The van der Waals surface area contributed by atoms with Crippen molar-refractivity contribution in [2.24, 2.45) is 0 Å². The molecule has 0 aliphatic rings. The Morgan fingerprint density at radius 1 is 1.20 bits per heavy atom. The zero-order valence-corrected chi connectivity index (χ0v) is 15.4. The predicted molar refractivity (Wildman–Crippen MR) is 97.6 cm³/mol. The number of furan rings is 1. The van der Waals surface area contributed by atoms with E-state index >= 15 is 0 Å². The van der Waals surface area contributed by atoms with Crippen molar-refractivity contribution in [3.8, 4) is 10.6 Å². The molecule has 0 aromatic carbocycles. The van der Waals surface area contributed by atoms with Gasteiger partial charge in [0.1, 0.15) is 0 Å². The van der Waals surface area contributed by atoms with E-state index in [0.29, 0.717) is 29.9 Å². The first-order valence-corrected chi connectivity index (χ1v) is 9.22. The number of carbonyl (C=O) groups excluding carboxylic acids is 2. The zero-order chi connectivity index (χ0) is 17.6. The van der Waals surface area contributed by atoms with Gasteiger partial charge in [-0.1, -0.05) is 6.07 Å². The summed E-state index contributed by atoms with van der Waals surface area (Å²) in [6.45, 7) is 0.862. The van der Waals surface area contributed by atoms with E-state index < -0.39 is 0 Å². The van der Waals surface area contributed by atoms with E-state index in [2.05, 4.69) is 36.8 Å². The van der Waals surface area contributed by atoms with Crippen molar-refractivity contribution >= 4 is 39.1 Å². The Kier molecular flexibility index (Phi) is 5.67. The molecule has 0 fully saturated rings. The summed E-state index contributed by atoms with van der Waals surface area (Å²) in [6.07, 6.45) is 0.599. The topological polar surface area (TPSA) is 100 Å². The van der Waals surface area contributed by atoms with Crippen LogP contribution in [0.1, 0.15) is 27.5 Å². The predicted octanol–water partition coefficient (Wildman–Crippen LogP) is 3.04. The van der Waals surface area contributed by atoms with E-state index in [1.165, 1.54) is 0 Å². The van der Waals surface area contributed by atoms with Crippen LogP contribution in [-0.2, 0) is 0 Å². The summed E-state index contributed by atoms with van der Waals surface area (Å²) in [5.41, 5.74) is 1.16. The molecule has 3 N–H and O–H groups in total. The monoisotopic (exact) mass is 422 g/mol. The van der Waals surface area contributed by atoms with Gasteiger partial charge >= 0.3 is 0 Å². The molecule has 0 saturated carbocycles. The Morgan fingerprint density at radius 2 is 2.00 bits per heavy atom. The number of H-pyrrole nitrogens is 1. The highest BCUT2D eigenvalue weighted by Gasteiger charge is 2.12. The lowest BCUT2D eigenvalue weighted by molar-refractivity contribution is 0.0924. The average molecular weight is 423 g/mol. The van der Waals surface area contributed by atoms with Gasteiger partial charge in [0.25, 0.3) is 11.8 Å². The molecule has 7 nitrogen and oxygen atoms in total. The van der Waals surface area contributed by atoms with Gasteiger partial charge in [-0.15, -0.1) is 11.3 Å². The Hall–Kier alpha value is -2.39. The molecule has 3 aromatic heterocycles. The quantitative estimate of drug-likeness (QED) is 0.509. The van der Waals surface area contributed by atoms with Gasteiger partial charge in [-0.3, -0.25) is 14.7 Å². The third-order valence-corrected chi connectivity index (χ3v) is 4.65. The molecule has 3 heterocycles. The first kappa shape index (κ1) is 17.4. The molecule has 9 heteroatoms. The van der Waals surface area contributed by atoms with Gasteiger partial charge in [-0.25, -0.2) is 0 Å². The van der Waals surface area contributed by atoms with Crippen LogP contribution in [-0.4, -0.2) is 35.1 Å². The minimum absolute atomic E-state index is 0.244. The summed E-state index contributed by atoms with van der Waals surface area (Å²) in [6, 6.07) is 8.86. The van der Waals surface area contributed by atoms with Crippen LogP contribution < -0.4 is 10.6 Å². The van der Waals surface area contributed by atoms with Gasteiger partial charge in [-0.2, -0.15) is 5.10 Å². The largest absolute Gasteiger partial charge is 0.444 e. The van der Waals surface area contributed by atoms with Crippen LogP contribution in [0.25, 0.3) is 10.6 Å². The number of amides is 2. The van der Waals surface area contributed by atoms with E-state index in [-0.39, 0.29) is 17.6 Å². The molecule has 0 radical (unpaired) electrons. The van der Waals surface area contributed by atoms with Crippen molar-refractivity contribution in [2.75, 3.05) is 13.1 Å². The lowest BCUT2D eigenvalue weighted by atomic mass is 10.3. The highest BCUT2D eigenvalue weighted by atomic mass is 79.9. The molecule has 3 aromatic rings. The van der Waals surface area contributed by atoms with E-state index in [1.54, 1.807) is 29.5 Å². The van der Waals surface area contributed by atoms with Crippen LogP contribution in [0.15, 0.2) is 44.8 Å². The number of carbonyl (C=O) groups is 2. The third kappa shape index (κ3) is 4.58. The highest BCUT2D eigenvalue weighted by Crippen LogP contribution is 2.22. The number of hydrogen-bond acceptors (Lipinski definition) is 5. The standard InChI is InChI=1S/C16H15BrN4O3S/c17-14-5-4-12(24-14)16(23)19-7-2-6-18-15(22)11-9-10(20-21-11)13-3-1-8-25-13/h1,3-5,8-9H,2,6-7H2,(H,18,22)(H,19,23)(H,20,21). The SMILES string of the molecule is O=C(NCCCNC(=O)c1ccc(Br)o1)c1cc(-c2cccs2)[nH]n1. The van der Waals surface area contributed by atoms with Crippen LogP contribution in [0.5, 0.6) is 0 Å². The minimum Gasteiger partial charge on any atom is -0.444 e. The number of nitrogens with one attached hydrogen (secondary N) is 3. The molecule has 130 valence electrons. The molecular weight excluding hydrogens is 408 g/mol. The zero-order valence-electron chi connectivity index (χ0n) is 13.0. The van der Waals surface area contributed by atoms with E-state index in [4.69, 9.17) is 4.42 Å². The molecule has 0 bridgehead atoms. The summed E-state index contributed by atoms with van der Waals surface area (Å²) in [4.78, 5) is 24.8. The van der Waals surface area contributed by atoms with Gasteiger partial charge in [0.15, 0.2) is 16.1 Å². The van der Waals surface area contributed by atoms with Crippen molar-refractivity contribution in [2.45, 2.75) is 6.42 Å². The molecular formula is C16H15BrN4O3S. The molecule has 0 saturated heterocycles. The van der Waals surface area contributed by atoms with Crippen molar-refractivity contribution in [1.82, 2.24) is 20.8 Å². The van der Waals surface area contributed by atoms with E-state index in [0.717, 1.165) is 10.6 Å². The molecule has 0 aliphatic carbocycles. The van der Waals surface area contributed by atoms with Crippen molar-refractivity contribution in [3.05, 3.63) is 51.8 Å². The maximum Gasteiger partial charge on any atom is 0.287 e. The van der Waals surface area contributed by atoms with Crippen molar-refractivity contribution < 1.29 is 14.0 Å². The Morgan fingerprint density at radius 3 is 2.68 bits per heavy atom. The smallest absolute Gasteiger partial charge is 0.287 e. The first-order chi connectivity index (χ1) is 12.1. The number of halogens is 1. The fourth-order valence-corrected chi connectivity index (χ4v) is 3.10. The molecule has 25 heavy (non-hydrogen) atoms. The number of nitrogens with zero attached hydrogens (tertiary/aromatic N) is 1. The number of aromatic nitrogens is 2. The maximum absolute atomic E-state index is 12.1. The van der Waals surface area contributed by atoms with Gasteiger partial charge < -0.3 is 15.1 Å². The van der Waals surface area contributed by atoms with Crippen molar-refractivity contribution in [3.63, 3.8) is 0 Å². The number of aromatic amines is 1. The second kappa shape index (κ2) is 8.13. The van der Waals surface area contributed by atoms with E-state index in [1.807, 2.05) is 17.5 Å². The fraction of sp³-hybridized carbons (Fsp3) is 0.188. The summed E-state index contributed by atoms with van der Waals surface area (Å²) in [7, 11) is 0. The van der Waals surface area contributed by atoms with Crippen LogP contribution in [0.4, 0.5) is 0 Å². The molecule has 0 aliphatic heterocycles.